The molecule has 0 spiro atoms. The summed E-state index contributed by atoms with van der Waals surface area (Å²) in [6.45, 7) is 0.502. The number of halogens is 1. The smallest absolute Gasteiger partial charge is 0.138 e. The summed E-state index contributed by atoms with van der Waals surface area (Å²) >= 11 is 3.19. The molecule has 0 aliphatic rings. The lowest BCUT2D eigenvalue weighted by atomic mass is 10.2. The molecule has 0 aliphatic carbocycles. The van der Waals surface area contributed by atoms with Crippen LogP contribution in [-0.2, 0) is 6.42 Å². The second-order valence-corrected chi connectivity index (χ2v) is 3.07. The van der Waals surface area contributed by atoms with Crippen molar-refractivity contribution in [3.05, 3.63) is 22.4 Å². The molecule has 0 saturated heterocycles. The summed E-state index contributed by atoms with van der Waals surface area (Å²) in [5.41, 5.74) is 5.95. The fraction of sp³-hybridized carbons (Fsp3) is 0.286. The summed E-state index contributed by atoms with van der Waals surface area (Å²) in [6.07, 6.45) is 2.25. The first-order chi connectivity index (χ1) is 5.24. The lowest BCUT2D eigenvalue weighted by Crippen LogP contribution is -2.04. The normalized spacial score (nSPS) is 10.0. The maximum Gasteiger partial charge on any atom is 0.138 e. The number of nitrogens with zero attached hydrogens (tertiary/aromatic N) is 1. The molecule has 60 valence electrons. The van der Waals surface area contributed by atoms with Gasteiger partial charge in [-0.3, -0.25) is 4.98 Å². The van der Waals surface area contributed by atoms with Crippen molar-refractivity contribution in [1.29, 1.82) is 0 Å². The quantitative estimate of drug-likeness (QED) is 0.778. The summed E-state index contributed by atoms with van der Waals surface area (Å²) < 4.78 is 0.774. The van der Waals surface area contributed by atoms with E-state index in [9.17, 15) is 5.11 Å². The van der Waals surface area contributed by atoms with Crippen LogP contribution < -0.4 is 5.73 Å². The van der Waals surface area contributed by atoms with Crippen molar-refractivity contribution in [3.63, 3.8) is 0 Å². The summed E-state index contributed by atoms with van der Waals surface area (Å²) in [5, 5.41) is 9.27. The molecule has 0 amide bonds. The van der Waals surface area contributed by atoms with Gasteiger partial charge >= 0.3 is 0 Å². The van der Waals surface area contributed by atoms with Crippen LogP contribution in [0.1, 0.15) is 5.69 Å². The van der Waals surface area contributed by atoms with Gasteiger partial charge in [-0.05, 0) is 28.5 Å². The van der Waals surface area contributed by atoms with Gasteiger partial charge in [0.05, 0.1) is 5.69 Å². The Bertz CT molecular complexity index is 252. The number of pyridine rings is 1. The van der Waals surface area contributed by atoms with Gasteiger partial charge in [-0.15, -0.1) is 0 Å². The van der Waals surface area contributed by atoms with Crippen molar-refractivity contribution in [2.24, 2.45) is 5.73 Å². The SMILES string of the molecule is NCCc1ncc(Br)cc1O. The van der Waals surface area contributed by atoms with E-state index in [-0.39, 0.29) is 5.75 Å². The number of rotatable bonds is 2. The second-order valence-electron chi connectivity index (χ2n) is 2.16. The Morgan fingerprint density at radius 1 is 1.64 bits per heavy atom. The molecule has 1 rings (SSSR count). The first kappa shape index (κ1) is 8.49. The monoisotopic (exact) mass is 216 g/mol. The molecule has 1 aromatic heterocycles. The zero-order valence-corrected chi connectivity index (χ0v) is 7.50. The van der Waals surface area contributed by atoms with Gasteiger partial charge in [0.2, 0.25) is 0 Å². The molecule has 3 N–H and O–H groups in total. The molecule has 0 radical (unpaired) electrons. The zero-order chi connectivity index (χ0) is 8.27. The fourth-order valence-electron chi connectivity index (χ4n) is 0.786. The van der Waals surface area contributed by atoms with E-state index < -0.39 is 0 Å². The van der Waals surface area contributed by atoms with Gasteiger partial charge < -0.3 is 10.8 Å². The maximum atomic E-state index is 9.27. The molecular weight excluding hydrogens is 208 g/mol. The van der Waals surface area contributed by atoms with Crippen LogP contribution in [0.25, 0.3) is 0 Å². The average Bonchev–Trinajstić information content (AvgIpc) is 1.95. The van der Waals surface area contributed by atoms with E-state index in [4.69, 9.17) is 5.73 Å². The highest BCUT2D eigenvalue weighted by Gasteiger charge is 2.00. The Balaban J connectivity index is 2.90. The summed E-state index contributed by atoms with van der Waals surface area (Å²) in [6, 6.07) is 1.61. The summed E-state index contributed by atoms with van der Waals surface area (Å²) in [5.74, 6) is 0.199. The van der Waals surface area contributed by atoms with Crippen LogP contribution in [0.15, 0.2) is 16.7 Å². The van der Waals surface area contributed by atoms with Gasteiger partial charge in [-0.25, -0.2) is 0 Å². The van der Waals surface area contributed by atoms with Gasteiger partial charge in [0, 0.05) is 17.1 Å². The van der Waals surface area contributed by atoms with E-state index in [2.05, 4.69) is 20.9 Å². The zero-order valence-electron chi connectivity index (χ0n) is 5.92. The Hall–Kier alpha value is -0.610. The highest BCUT2D eigenvalue weighted by atomic mass is 79.9. The third-order valence-electron chi connectivity index (χ3n) is 1.30. The van der Waals surface area contributed by atoms with Crippen molar-refractivity contribution in [2.75, 3.05) is 6.54 Å². The second kappa shape index (κ2) is 3.69. The largest absolute Gasteiger partial charge is 0.506 e. The van der Waals surface area contributed by atoms with Crippen molar-refractivity contribution >= 4 is 15.9 Å². The minimum atomic E-state index is 0.199. The van der Waals surface area contributed by atoms with Crippen LogP contribution in [0.5, 0.6) is 5.75 Å². The van der Waals surface area contributed by atoms with Crippen LogP contribution in [0, 0.1) is 0 Å². The topological polar surface area (TPSA) is 59.1 Å². The molecule has 3 nitrogen and oxygen atoms in total. The third-order valence-corrected chi connectivity index (χ3v) is 1.73. The number of hydrogen-bond acceptors (Lipinski definition) is 3. The first-order valence-corrected chi connectivity index (χ1v) is 4.07. The van der Waals surface area contributed by atoms with Crippen LogP contribution in [-0.4, -0.2) is 16.6 Å². The van der Waals surface area contributed by atoms with Crippen LogP contribution >= 0.6 is 15.9 Å². The van der Waals surface area contributed by atoms with E-state index in [1.807, 2.05) is 0 Å². The van der Waals surface area contributed by atoms with E-state index in [1.165, 1.54) is 0 Å². The number of hydrogen-bond donors (Lipinski definition) is 2. The van der Waals surface area contributed by atoms with Crippen molar-refractivity contribution in [2.45, 2.75) is 6.42 Å². The molecular formula is C7H9BrN2O. The van der Waals surface area contributed by atoms with Crippen molar-refractivity contribution < 1.29 is 5.11 Å². The maximum absolute atomic E-state index is 9.27. The lowest BCUT2D eigenvalue weighted by molar-refractivity contribution is 0.463. The van der Waals surface area contributed by atoms with Crippen LogP contribution in [0.2, 0.25) is 0 Å². The molecule has 0 aliphatic heterocycles. The van der Waals surface area contributed by atoms with E-state index in [0.29, 0.717) is 18.7 Å². The molecule has 0 saturated carbocycles. The third kappa shape index (κ3) is 2.17. The Kier molecular flexibility index (Phi) is 2.84. The first-order valence-electron chi connectivity index (χ1n) is 3.27. The molecule has 0 atom stereocenters. The molecule has 0 aromatic carbocycles. The van der Waals surface area contributed by atoms with Crippen LogP contribution in [0.4, 0.5) is 0 Å². The van der Waals surface area contributed by atoms with Gasteiger partial charge in [0.25, 0.3) is 0 Å². The molecule has 1 heterocycles. The van der Waals surface area contributed by atoms with Crippen LogP contribution in [0.3, 0.4) is 0 Å². The van der Waals surface area contributed by atoms with Crippen molar-refractivity contribution in [3.8, 4) is 5.75 Å². The van der Waals surface area contributed by atoms with Gasteiger partial charge in [0.15, 0.2) is 0 Å². The van der Waals surface area contributed by atoms with Crippen molar-refractivity contribution in [1.82, 2.24) is 4.98 Å². The van der Waals surface area contributed by atoms with E-state index in [1.54, 1.807) is 12.3 Å². The Morgan fingerprint density at radius 3 is 2.91 bits per heavy atom. The minimum absolute atomic E-state index is 0.199. The van der Waals surface area contributed by atoms with Gasteiger partial charge in [-0.2, -0.15) is 0 Å². The molecule has 0 bridgehead atoms. The molecule has 4 heteroatoms. The lowest BCUT2D eigenvalue weighted by Gasteiger charge is -2.00. The standard InChI is InChI=1S/C7H9BrN2O/c8-5-3-7(11)6(1-2-9)10-4-5/h3-4,11H,1-2,9H2. The number of nitrogens with two attached hydrogens (primary N) is 1. The molecule has 0 unspecified atom stereocenters. The predicted octanol–water partition coefficient (Wildman–Crippen LogP) is 1.05. The van der Waals surface area contributed by atoms with E-state index >= 15 is 0 Å². The Labute approximate surface area is 73.4 Å². The highest BCUT2D eigenvalue weighted by molar-refractivity contribution is 9.10. The minimum Gasteiger partial charge on any atom is -0.506 e. The Morgan fingerprint density at radius 2 is 2.36 bits per heavy atom. The molecule has 0 fully saturated rings. The molecule has 11 heavy (non-hydrogen) atoms. The highest BCUT2D eigenvalue weighted by Crippen LogP contribution is 2.19. The number of aromatic hydroxyl groups is 1. The van der Waals surface area contributed by atoms with Gasteiger partial charge in [0.1, 0.15) is 5.75 Å². The van der Waals surface area contributed by atoms with E-state index in [0.717, 1.165) is 4.47 Å². The fourth-order valence-corrected chi connectivity index (χ4v) is 1.11. The summed E-state index contributed by atoms with van der Waals surface area (Å²) in [7, 11) is 0. The predicted molar refractivity (Wildman–Crippen MR) is 46.4 cm³/mol. The number of aromatic nitrogens is 1. The van der Waals surface area contributed by atoms with Gasteiger partial charge in [-0.1, -0.05) is 0 Å². The summed E-state index contributed by atoms with van der Waals surface area (Å²) in [4.78, 5) is 3.99. The average molecular weight is 217 g/mol. The molecule has 1 aromatic rings.